The van der Waals surface area contributed by atoms with E-state index in [9.17, 15) is 39.9 Å². The highest BCUT2D eigenvalue weighted by Crippen LogP contribution is 2.37. The van der Waals surface area contributed by atoms with Gasteiger partial charge in [0, 0.05) is 13.0 Å². The van der Waals surface area contributed by atoms with Gasteiger partial charge in [0.1, 0.15) is 17.2 Å². The molecule has 12 heteroatoms. The number of carbonyl (C=O) groups is 1. The van der Waals surface area contributed by atoms with E-state index < -0.39 is 59.6 Å². The molecule has 0 radical (unpaired) electrons. The van der Waals surface area contributed by atoms with Gasteiger partial charge in [-0.15, -0.1) is 0 Å². The summed E-state index contributed by atoms with van der Waals surface area (Å²) in [5, 5.41) is 4.39. The number of aromatic nitrogens is 1. The smallest absolute Gasteiger partial charge is 0.338 e. The Labute approximate surface area is 200 Å². The normalized spacial score (nSPS) is 13.7. The number of halogens is 8. The van der Waals surface area contributed by atoms with Crippen LogP contribution in [0.4, 0.5) is 39.9 Å². The summed E-state index contributed by atoms with van der Waals surface area (Å²) in [6.07, 6.45) is -10.4. The van der Waals surface area contributed by atoms with Gasteiger partial charge in [0.2, 0.25) is 0 Å². The van der Waals surface area contributed by atoms with Gasteiger partial charge in [0.05, 0.1) is 23.9 Å². The van der Waals surface area contributed by atoms with E-state index in [2.05, 4.69) is 10.3 Å². The SMILES string of the molecule is O=C(NCCC(F)(F)F)N[C@@](Cc1ccccc1)(c1cc(F)cc(C(F)(F)F)c1)c1ccc(F)cn1. The third-order valence-corrected chi connectivity index (χ3v) is 5.22. The van der Waals surface area contributed by atoms with Crippen molar-refractivity contribution in [1.29, 1.82) is 0 Å². The van der Waals surface area contributed by atoms with Crippen molar-refractivity contribution in [1.82, 2.24) is 15.6 Å². The van der Waals surface area contributed by atoms with Crippen LogP contribution in [0.15, 0.2) is 66.9 Å². The number of pyridine rings is 1. The zero-order chi connectivity index (χ0) is 26.6. The van der Waals surface area contributed by atoms with Crippen molar-refractivity contribution in [3.8, 4) is 0 Å². The maximum absolute atomic E-state index is 14.4. The van der Waals surface area contributed by atoms with E-state index >= 15 is 0 Å². The Morgan fingerprint density at radius 1 is 0.833 bits per heavy atom. The van der Waals surface area contributed by atoms with Crippen molar-refractivity contribution >= 4 is 6.03 Å². The Bertz CT molecular complexity index is 1180. The summed E-state index contributed by atoms with van der Waals surface area (Å²) in [5.74, 6) is -2.07. The second-order valence-corrected chi connectivity index (χ2v) is 7.90. The number of nitrogens with zero attached hydrogens (tertiary/aromatic N) is 1. The fourth-order valence-electron chi connectivity index (χ4n) is 3.61. The van der Waals surface area contributed by atoms with Crippen molar-refractivity contribution in [3.05, 3.63) is 101 Å². The molecule has 1 heterocycles. The molecule has 3 aromatic rings. The number of alkyl halides is 6. The van der Waals surface area contributed by atoms with Crippen LogP contribution in [0.1, 0.15) is 28.8 Å². The number of benzene rings is 2. The van der Waals surface area contributed by atoms with Crippen LogP contribution in [0.2, 0.25) is 0 Å². The number of nitrogens with one attached hydrogen (secondary N) is 2. The van der Waals surface area contributed by atoms with E-state index in [1.165, 1.54) is 0 Å². The molecule has 1 atom stereocenters. The minimum Gasteiger partial charge on any atom is -0.338 e. The molecule has 0 saturated heterocycles. The first-order chi connectivity index (χ1) is 16.8. The molecule has 3 rings (SSSR count). The largest absolute Gasteiger partial charge is 0.416 e. The maximum Gasteiger partial charge on any atom is 0.416 e. The quantitative estimate of drug-likeness (QED) is 0.372. The molecule has 0 aliphatic heterocycles. The van der Waals surface area contributed by atoms with E-state index in [1.807, 2.05) is 5.32 Å². The molecule has 192 valence electrons. The number of carbonyl (C=O) groups excluding carboxylic acids is 1. The van der Waals surface area contributed by atoms with Crippen molar-refractivity contribution in [2.24, 2.45) is 0 Å². The van der Waals surface area contributed by atoms with Gasteiger partial charge < -0.3 is 10.6 Å². The Morgan fingerprint density at radius 3 is 2.08 bits per heavy atom. The van der Waals surface area contributed by atoms with Crippen molar-refractivity contribution in [2.75, 3.05) is 6.54 Å². The first-order valence-corrected chi connectivity index (χ1v) is 10.5. The number of hydrogen-bond acceptors (Lipinski definition) is 2. The molecule has 0 aliphatic carbocycles. The molecular formula is C24H19F8N3O. The van der Waals surface area contributed by atoms with E-state index in [0.29, 0.717) is 11.6 Å². The van der Waals surface area contributed by atoms with Crippen LogP contribution in [-0.4, -0.2) is 23.7 Å². The van der Waals surface area contributed by atoms with Crippen LogP contribution in [0.25, 0.3) is 0 Å². The summed E-state index contributed by atoms with van der Waals surface area (Å²) in [6.45, 7) is -0.829. The average Bonchev–Trinajstić information content (AvgIpc) is 2.78. The van der Waals surface area contributed by atoms with Crippen LogP contribution in [-0.2, 0) is 18.1 Å². The van der Waals surface area contributed by atoms with Gasteiger partial charge in [-0.05, 0) is 41.5 Å². The summed E-state index contributed by atoms with van der Waals surface area (Å²) < 4.78 is 106. The molecule has 0 spiro atoms. The van der Waals surface area contributed by atoms with Crippen LogP contribution in [0.5, 0.6) is 0 Å². The number of hydrogen-bond donors (Lipinski definition) is 2. The minimum absolute atomic E-state index is 0.169. The first-order valence-electron chi connectivity index (χ1n) is 10.5. The van der Waals surface area contributed by atoms with E-state index in [4.69, 9.17) is 0 Å². The van der Waals surface area contributed by atoms with Crippen LogP contribution < -0.4 is 10.6 Å². The van der Waals surface area contributed by atoms with Gasteiger partial charge in [0.25, 0.3) is 0 Å². The highest BCUT2D eigenvalue weighted by atomic mass is 19.4. The van der Waals surface area contributed by atoms with Crippen LogP contribution >= 0.6 is 0 Å². The first kappa shape index (κ1) is 26.9. The Hall–Kier alpha value is -3.70. The van der Waals surface area contributed by atoms with Gasteiger partial charge in [-0.2, -0.15) is 26.3 Å². The number of amides is 2. The topological polar surface area (TPSA) is 54.0 Å². The Balaban J connectivity index is 2.18. The lowest BCUT2D eigenvalue weighted by Crippen LogP contribution is -2.53. The maximum atomic E-state index is 14.4. The van der Waals surface area contributed by atoms with E-state index in [0.717, 1.165) is 24.4 Å². The Kier molecular flexibility index (Phi) is 7.85. The molecule has 0 saturated carbocycles. The molecule has 2 aromatic carbocycles. The van der Waals surface area contributed by atoms with Crippen molar-refractivity contribution in [3.63, 3.8) is 0 Å². The summed E-state index contributed by atoms with van der Waals surface area (Å²) in [6, 6.07) is 10.5. The molecule has 0 bridgehead atoms. The average molecular weight is 517 g/mol. The van der Waals surface area contributed by atoms with Crippen LogP contribution in [0.3, 0.4) is 0 Å². The molecule has 0 unspecified atom stereocenters. The number of rotatable bonds is 7. The summed E-state index contributed by atoms with van der Waals surface area (Å²) in [5.41, 5.74) is -3.51. The van der Waals surface area contributed by atoms with Gasteiger partial charge in [-0.25, -0.2) is 13.6 Å². The molecule has 0 aliphatic rings. The standard InChI is InChI=1S/C24H19F8N3O/c25-18-6-7-20(34-14-18)22(13-15-4-2-1-3-5-15,35-21(36)33-9-8-23(27,28)29)16-10-17(24(30,31)32)12-19(26)11-16/h1-7,10-12,14H,8-9,13H2,(H2,33,35,36)/t22-/m0/s1. The summed E-state index contributed by atoms with van der Waals surface area (Å²) in [4.78, 5) is 16.6. The van der Waals surface area contributed by atoms with Gasteiger partial charge in [-0.3, -0.25) is 4.98 Å². The molecule has 2 amide bonds. The summed E-state index contributed by atoms with van der Waals surface area (Å²) >= 11 is 0. The monoisotopic (exact) mass is 517 g/mol. The fraction of sp³-hybridized carbons (Fsp3) is 0.250. The van der Waals surface area contributed by atoms with E-state index in [1.54, 1.807) is 30.3 Å². The molecule has 36 heavy (non-hydrogen) atoms. The minimum atomic E-state index is -4.96. The highest BCUT2D eigenvalue weighted by Gasteiger charge is 2.41. The third kappa shape index (κ3) is 6.92. The lowest BCUT2D eigenvalue weighted by Gasteiger charge is -2.36. The molecule has 4 nitrogen and oxygen atoms in total. The zero-order valence-electron chi connectivity index (χ0n) is 18.4. The van der Waals surface area contributed by atoms with Gasteiger partial charge >= 0.3 is 18.4 Å². The second-order valence-electron chi connectivity index (χ2n) is 7.90. The predicted molar refractivity (Wildman–Crippen MR) is 114 cm³/mol. The molecule has 0 fully saturated rings. The number of urea groups is 1. The van der Waals surface area contributed by atoms with Gasteiger partial charge in [-0.1, -0.05) is 30.3 Å². The second kappa shape index (κ2) is 10.5. The van der Waals surface area contributed by atoms with E-state index in [-0.39, 0.29) is 18.2 Å². The van der Waals surface area contributed by atoms with Crippen molar-refractivity contribution < 1.29 is 39.9 Å². The van der Waals surface area contributed by atoms with Crippen molar-refractivity contribution in [2.45, 2.75) is 30.7 Å². The lowest BCUT2D eigenvalue weighted by molar-refractivity contribution is -0.138. The fourth-order valence-corrected chi connectivity index (χ4v) is 3.61. The van der Waals surface area contributed by atoms with Crippen LogP contribution in [0, 0.1) is 11.6 Å². The molecule has 1 aromatic heterocycles. The third-order valence-electron chi connectivity index (χ3n) is 5.22. The summed E-state index contributed by atoms with van der Waals surface area (Å²) in [7, 11) is 0. The Morgan fingerprint density at radius 2 is 1.50 bits per heavy atom. The molecule has 2 N–H and O–H groups in total. The lowest BCUT2D eigenvalue weighted by atomic mass is 9.79. The highest BCUT2D eigenvalue weighted by molar-refractivity contribution is 5.76. The molecular weight excluding hydrogens is 498 g/mol. The zero-order valence-corrected chi connectivity index (χ0v) is 18.4. The van der Waals surface area contributed by atoms with Gasteiger partial charge in [0.15, 0.2) is 0 Å². The predicted octanol–water partition coefficient (Wildman–Crippen LogP) is 6.12.